The second-order valence-corrected chi connectivity index (χ2v) is 7.66. The summed E-state index contributed by atoms with van der Waals surface area (Å²) in [7, 11) is 3.07. The molecule has 0 spiro atoms. The van der Waals surface area contributed by atoms with Gasteiger partial charge in [0, 0.05) is 5.69 Å². The second kappa shape index (κ2) is 8.94. The van der Waals surface area contributed by atoms with Gasteiger partial charge in [0.1, 0.15) is 17.2 Å². The smallest absolute Gasteiger partial charge is 0.282 e. The molecule has 1 aliphatic heterocycles. The summed E-state index contributed by atoms with van der Waals surface area (Å²) in [4.78, 5) is 28.0. The van der Waals surface area contributed by atoms with Crippen molar-refractivity contribution < 1.29 is 19.1 Å². The Bertz CT molecular complexity index is 1240. The van der Waals surface area contributed by atoms with Gasteiger partial charge in [-0.25, -0.2) is 4.90 Å². The quantitative estimate of drug-likeness (QED) is 0.490. The van der Waals surface area contributed by atoms with E-state index >= 15 is 0 Å². The minimum Gasteiger partial charge on any atom is -0.497 e. The molecular weight excluding hydrogens is 451 g/mol. The van der Waals surface area contributed by atoms with Crippen LogP contribution in [0.3, 0.4) is 0 Å². The molecule has 4 rings (SSSR count). The SMILES string of the molecule is COc1ccc(C2=C(Nc3ccc(OC)c(Cl)c3)C(=O)N(c3ccccc3Cl)C2=O)cc1. The standard InChI is InChI=1S/C24H18Cl2N2O4/c1-31-16-10-7-14(8-11-16)21-22(27-15-9-12-20(32-2)18(26)13-15)24(30)28(23(21)29)19-6-4-3-5-17(19)25/h3-13,27H,1-2H3. The van der Waals surface area contributed by atoms with Crippen LogP contribution in [0.4, 0.5) is 11.4 Å². The first-order valence-corrected chi connectivity index (χ1v) is 10.3. The Morgan fingerprint density at radius 1 is 0.812 bits per heavy atom. The third-order valence-electron chi connectivity index (χ3n) is 4.98. The van der Waals surface area contributed by atoms with E-state index in [2.05, 4.69) is 5.32 Å². The first kappa shape index (κ1) is 21.7. The number of ether oxygens (including phenoxy) is 2. The summed E-state index contributed by atoms with van der Waals surface area (Å²) in [6.45, 7) is 0. The minimum atomic E-state index is -0.527. The van der Waals surface area contributed by atoms with Gasteiger partial charge in [0.2, 0.25) is 0 Å². The summed E-state index contributed by atoms with van der Waals surface area (Å²) < 4.78 is 10.4. The van der Waals surface area contributed by atoms with Crippen LogP contribution in [-0.2, 0) is 9.59 Å². The van der Waals surface area contributed by atoms with Crippen LogP contribution in [0.2, 0.25) is 10.0 Å². The maximum Gasteiger partial charge on any atom is 0.282 e. The summed E-state index contributed by atoms with van der Waals surface area (Å²) >= 11 is 12.5. The van der Waals surface area contributed by atoms with E-state index in [4.69, 9.17) is 32.7 Å². The molecular formula is C24H18Cl2N2O4. The molecule has 0 radical (unpaired) electrons. The zero-order chi connectivity index (χ0) is 22.8. The van der Waals surface area contributed by atoms with E-state index in [0.29, 0.717) is 33.5 Å². The molecule has 0 saturated carbocycles. The Morgan fingerprint density at radius 2 is 1.53 bits per heavy atom. The average molecular weight is 469 g/mol. The predicted octanol–water partition coefficient (Wildman–Crippen LogP) is 5.41. The molecule has 3 aromatic carbocycles. The molecule has 2 amide bonds. The van der Waals surface area contributed by atoms with Gasteiger partial charge in [-0.15, -0.1) is 0 Å². The summed E-state index contributed by atoms with van der Waals surface area (Å²) in [5.74, 6) is 0.106. The van der Waals surface area contributed by atoms with E-state index in [1.165, 1.54) is 7.11 Å². The number of carbonyl (C=O) groups excluding carboxylic acids is 2. The van der Waals surface area contributed by atoms with Crippen molar-refractivity contribution in [2.75, 3.05) is 24.4 Å². The second-order valence-electron chi connectivity index (χ2n) is 6.85. The molecule has 0 aromatic heterocycles. The van der Waals surface area contributed by atoms with Gasteiger partial charge in [0.25, 0.3) is 11.8 Å². The van der Waals surface area contributed by atoms with Crippen molar-refractivity contribution in [1.82, 2.24) is 0 Å². The molecule has 162 valence electrons. The van der Waals surface area contributed by atoms with E-state index in [1.807, 2.05) is 0 Å². The number of para-hydroxylation sites is 1. The van der Waals surface area contributed by atoms with Crippen molar-refractivity contribution >= 4 is 52.0 Å². The van der Waals surface area contributed by atoms with Crippen LogP contribution in [0, 0.1) is 0 Å². The predicted molar refractivity (Wildman–Crippen MR) is 125 cm³/mol. The molecule has 0 saturated heterocycles. The van der Waals surface area contributed by atoms with Gasteiger partial charge in [0.15, 0.2) is 0 Å². The Kier molecular flexibility index (Phi) is 6.08. The van der Waals surface area contributed by atoms with Crippen LogP contribution in [0.15, 0.2) is 72.4 Å². The van der Waals surface area contributed by atoms with Gasteiger partial charge in [-0.05, 0) is 48.0 Å². The lowest BCUT2D eigenvalue weighted by molar-refractivity contribution is -0.120. The van der Waals surface area contributed by atoms with Gasteiger partial charge >= 0.3 is 0 Å². The largest absolute Gasteiger partial charge is 0.497 e. The first-order chi connectivity index (χ1) is 15.4. The number of imide groups is 1. The molecule has 0 atom stereocenters. The van der Waals surface area contributed by atoms with Crippen molar-refractivity contribution in [2.24, 2.45) is 0 Å². The number of halogens is 2. The normalized spacial score (nSPS) is 13.6. The van der Waals surface area contributed by atoms with Crippen molar-refractivity contribution in [2.45, 2.75) is 0 Å². The van der Waals surface area contributed by atoms with Gasteiger partial charge < -0.3 is 14.8 Å². The lowest BCUT2D eigenvalue weighted by Crippen LogP contribution is -2.32. The highest BCUT2D eigenvalue weighted by atomic mass is 35.5. The van der Waals surface area contributed by atoms with Crippen LogP contribution in [-0.4, -0.2) is 26.0 Å². The van der Waals surface area contributed by atoms with Crippen LogP contribution in [0.5, 0.6) is 11.5 Å². The van der Waals surface area contributed by atoms with Crippen LogP contribution in [0.25, 0.3) is 5.57 Å². The highest BCUT2D eigenvalue weighted by molar-refractivity contribution is 6.48. The Balaban J connectivity index is 1.82. The highest BCUT2D eigenvalue weighted by Crippen LogP contribution is 2.37. The number of amides is 2. The number of carbonyl (C=O) groups is 2. The molecule has 32 heavy (non-hydrogen) atoms. The van der Waals surface area contributed by atoms with Crippen molar-refractivity contribution in [3.05, 3.63) is 88.0 Å². The summed E-state index contributed by atoms with van der Waals surface area (Å²) in [5, 5.41) is 3.72. The molecule has 0 unspecified atom stereocenters. The number of hydrogen-bond acceptors (Lipinski definition) is 5. The minimum absolute atomic E-state index is 0.112. The Hall–Kier alpha value is -3.48. The number of nitrogens with one attached hydrogen (secondary N) is 1. The lowest BCUT2D eigenvalue weighted by atomic mass is 10.0. The van der Waals surface area contributed by atoms with Gasteiger partial charge in [-0.3, -0.25) is 9.59 Å². The molecule has 6 nitrogen and oxygen atoms in total. The van der Waals surface area contributed by atoms with Gasteiger partial charge in [0.05, 0.1) is 35.5 Å². The number of rotatable bonds is 6. The van der Waals surface area contributed by atoms with Crippen LogP contribution >= 0.6 is 23.2 Å². The molecule has 0 bridgehead atoms. The summed E-state index contributed by atoms with van der Waals surface area (Å²) in [6.07, 6.45) is 0. The number of benzene rings is 3. The maximum atomic E-state index is 13.5. The third kappa shape index (κ3) is 3.90. The molecule has 1 heterocycles. The zero-order valence-electron chi connectivity index (χ0n) is 17.2. The number of methoxy groups -OCH3 is 2. The summed E-state index contributed by atoms with van der Waals surface area (Å²) in [6, 6.07) is 18.6. The van der Waals surface area contributed by atoms with Crippen molar-refractivity contribution in [1.29, 1.82) is 0 Å². The number of nitrogens with zero attached hydrogens (tertiary/aromatic N) is 1. The van der Waals surface area contributed by atoms with E-state index in [9.17, 15) is 9.59 Å². The van der Waals surface area contributed by atoms with Gasteiger partial charge in [-0.1, -0.05) is 47.5 Å². The average Bonchev–Trinajstić information content (AvgIpc) is 3.04. The fourth-order valence-electron chi connectivity index (χ4n) is 3.41. The van der Waals surface area contributed by atoms with Crippen LogP contribution < -0.4 is 19.7 Å². The monoisotopic (exact) mass is 468 g/mol. The lowest BCUT2D eigenvalue weighted by Gasteiger charge is -2.17. The van der Waals surface area contributed by atoms with E-state index < -0.39 is 11.8 Å². The molecule has 0 aliphatic carbocycles. The van der Waals surface area contributed by atoms with E-state index in [0.717, 1.165) is 4.90 Å². The highest BCUT2D eigenvalue weighted by Gasteiger charge is 2.41. The van der Waals surface area contributed by atoms with E-state index in [-0.39, 0.29) is 16.3 Å². The fraction of sp³-hybridized carbons (Fsp3) is 0.0833. The van der Waals surface area contributed by atoms with Crippen molar-refractivity contribution in [3.8, 4) is 11.5 Å². The number of anilines is 2. The first-order valence-electron chi connectivity index (χ1n) is 9.57. The topological polar surface area (TPSA) is 67.9 Å². The third-order valence-corrected chi connectivity index (χ3v) is 5.59. The molecule has 1 N–H and O–H groups in total. The molecule has 3 aromatic rings. The Labute approximate surface area is 195 Å². The van der Waals surface area contributed by atoms with E-state index in [1.54, 1.807) is 73.8 Å². The number of hydrogen-bond donors (Lipinski definition) is 1. The molecule has 1 aliphatic rings. The fourth-order valence-corrected chi connectivity index (χ4v) is 3.89. The zero-order valence-corrected chi connectivity index (χ0v) is 18.7. The molecule has 8 heteroatoms. The molecule has 0 fully saturated rings. The summed E-state index contributed by atoms with van der Waals surface area (Å²) in [5.41, 5.74) is 1.71. The van der Waals surface area contributed by atoms with Crippen LogP contribution in [0.1, 0.15) is 5.56 Å². The van der Waals surface area contributed by atoms with Gasteiger partial charge in [-0.2, -0.15) is 0 Å². The maximum absolute atomic E-state index is 13.5. The Morgan fingerprint density at radius 3 is 2.16 bits per heavy atom. The van der Waals surface area contributed by atoms with Crippen molar-refractivity contribution in [3.63, 3.8) is 0 Å².